The van der Waals surface area contributed by atoms with Crippen LogP contribution in [0.5, 0.6) is 11.6 Å². The molecule has 11 nitrogen and oxygen atoms in total. The van der Waals surface area contributed by atoms with E-state index in [4.69, 9.17) is 10.5 Å². The Morgan fingerprint density at radius 2 is 1.95 bits per heavy atom. The number of alkyl halides is 1. The van der Waals surface area contributed by atoms with Gasteiger partial charge >= 0.3 is 0 Å². The normalized spacial score (nSPS) is 25.5. The maximum absolute atomic E-state index is 14.2. The van der Waals surface area contributed by atoms with Crippen molar-refractivity contribution in [3.63, 3.8) is 0 Å². The molecule has 0 spiro atoms. The van der Waals surface area contributed by atoms with Crippen LogP contribution in [0.2, 0.25) is 0 Å². The van der Waals surface area contributed by atoms with Gasteiger partial charge in [-0.2, -0.15) is 0 Å². The minimum absolute atomic E-state index is 0.0162. The molecule has 44 heavy (non-hydrogen) atoms. The molecule has 0 aliphatic heterocycles. The first kappa shape index (κ1) is 31.1. The Balaban J connectivity index is 1.74. The Bertz CT molecular complexity index is 1620. The molecule has 1 aromatic heterocycles. The van der Waals surface area contributed by atoms with Crippen molar-refractivity contribution in [2.45, 2.75) is 44.2 Å². The number of carbonyl (C=O) groups excluding carboxylic acids is 3. The van der Waals surface area contributed by atoms with Crippen LogP contribution in [0.1, 0.15) is 36.5 Å². The van der Waals surface area contributed by atoms with Crippen molar-refractivity contribution in [1.29, 1.82) is 0 Å². The van der Waals surface area contributed by atoms with E-state index in [9.17, 15) is 39.2 Å². The fourth-order valence-electron chi connectivity index (χ4n) is 6.95. The van der Waals surface area contributed by atoms with Gasteiger partial charge in [0.1, 0.15) is 22.8 Å². The average molecular weight is 610 g/mol. The Kier molecular flexibility index (Phi) is 8.02. The number of aromatic hydroxyl groups is 1. The van der Waals surface area contributed by atoms with E-state index >= 15 is 0 Å². The molecule has 0 saturated heterocycles. The van der Waals surface area contributed by atoms with Crippen LogP contribution in [0.3, 0.4) is 0 Å². The van der Waals surface area contributed by atoms with Crippen molar-refractivity contribution in [3.05, 3.63) is 58.0 Å². The monoisotopic (exact) mass is 609 g/mol. The molecule has 5 unspecified atom stereocenters. The van der Waals surface area contributed by atoms with Crippen molar-refractivity contribution in [2.24, 2.45) is 23.5 Å². The number of rotatable bonds is 8. The van der Waals surface area contributed by atoms with E-state index < -0.39 is 64.7 Å². The van der Waals surface area contributed by atoms with E-state index in [0.29, 0.717) is 34.6 Å². The van der Waals surface area contributed by atoms with Crippen LogP contribution in [0, 0.1) is 17.8 Å². The van der Waals surface area contributed by atoms with Gasteiger partial charge in [0.2, 0.25) is 11.7 Å². The number of halogens is 1. The first-order valence-electron chi connectivity index (χ1n) is 14.4. The number of phenols is 1. The highest BCUT2D eigenvalue weighted by Crippen LogP contribution is 2.54. The largest absolute Gasteiger partial charge is 0.508 e. The van der Waals surface area contributed by atoms with Gasteiger partial charge in [-0.25, -0.2) is 4.98 Å². The number of pyridine rings is 1. The number of methoxy groups -OCH3 is 1. The molecule has 5 rings (SSSR count). The average Bonchev–Trinajstić information content (AvgIpc) is 2.98. The van der Waals surface area contributed by atoms with Gasteiger partial charge in [-0.1, -0.05) is 6.92 Å². The molecule has 1 saturated carbocycles. The number of aryl methyl sites for hydroxylation is 1. The Morgan fingerprint density at radius 1 is 1.25 bits per heavy atom. The molecular weight excluding hydrogens is 573 g/mol. The Labute approximate surface area is 253 Å². The third-order valence-electron chi connectivity index (χ3n) is 9.23. The van der Waals surface area contributed by atoms with Gasteiger partial charge in [0.05, 0.1) is 25.4 Å². The second-order valence-corrected chi connectivity index (χ2v) is 12.1. The molecule has 1 amide bonds. The van der Waals surface area contributed by atoms with Gasteiger partial charge in [0.15, 0.2) is 11.4 Å². The number of fused-ring (bicyclic) bond motifs is 3. The summed E-state index contributed by atoms with van der Waals surface area (Å²) in [6.45, 7) is 1.19. The van der Waals surface area contributed by atoms with Crippen molar-refractivity contribution < 1.29 is 43.9 Å². The number of Topliss-reactive ketones (excluding diaryl/α,β-unsaturated/α-hetero) is 2. The minimum atomic E-state index is -2.73. The lowest BCUT2D eigenvalue weighted by Crippen LogP contribution is -2.65. The van der Waals surface area contributed by atoms with Gasteiger partial charge in [-0.15, -0.1) is 0 Å². The number of ketones is 2. The van der Waals surface area contributed by atoms with Gasteiger partial charge in [-0.3, -0.25) is 23.7 Å². The number of amides is 1. The predicted octanol–water partition coefficient (Wildman–Crippen LogP) is 2.57. The van der Waals surface area contributed by atoms with Gasteiger partial charge in [0, 0.05) is 29.3 Å². The van der Waals surface area contributed by atoms with Crippen molar-refractivity contribution in [3.8, 4) is 22.8 Å². The number of primary amides is 1. The highest BCUT2D eigenvalue weighted by atomic mass is 19.1. The zero-order chi connectivity index (χ0) is 32.2. The highest BCUT2D eigenvalue weighted by Gasteiger charge is 2.64. The quantitative estimate of drug-likeness (QED) is 0.279. The summed E-state index contributed by atoms with van der Waals surface area (Å²) in [6, 6.07) is 4.02. The van der Waals surface area contributed by atoms with Crippen LogP contribution < -0.4 is 10.5 Å². The second-order valence-electron chi connectivity index (χ2n) is 12.1. The summed E-state index contributed by atoms with van der Waals surface area (Å²) in [6.07, 6.45) is 2.35. The van der Waals surface area contributed by atoms with E-state index in [1.54, 1.807) is 45.4 Å². The standard InChI is InChI=1S/C32H36FN3O8/c1-14(12-33)5-6-15-9-18(16-7-8-21(44-4)35-13-16)19-10-17-11-20-25(36(2)3)28(39)24(31(34)42)30(41)32(20,43)29(40)22(17)27(38)23(19)26(15)37/h7-9,13-14,17,20,25,37-38,41,43H,5-6,10-12H2,1-4H3,(H2,34,42). The van der Waals surface area contributed by atoms with Gasteiger partial charge in [0.25, 0.3) is 5.91 Å². The van der Waals surface area contributed by atoms with E-state index in [1.165, 1.54) is 12.0 Å². The fourth-order valence-corrected chi connectivity index (χ4v) is 6.95. The van der Waals surface area contributed by atoms with Gasteiger partial charge < -0.3 is 30.9 Å². The minimum Gasteiger partial charge on any atom is -0.508 e. The predicted molar refractivity (Wildman–Crippen MR) is 157 cm³/mol. The summed E-state index contributed by atoms with van der Waals surface area (Å²) in [7, 11) is 4.58. The maximum Gasteiger partial charge on any atom is 0.255 e. The molecule has 234 valence electrons. The maximum atomic E-state index is 14.2. The number of aliphatic hydroxyl groups is 3. The molecule has 1 fully saturated rings. The second kappa shape index (κ2) is 11.3. The van der Waals surface area contributed by atoms with Crippen molar-refractivity contribution >= 4 is 23.2 Å². The lowest BCUT2D eigenvalue weighted by Gasteiger charge is -2.50. The van der Waals surface area contributed by atoms with Crippen LogP contribution in [-0.2, 0) is 27.2 Å². The lowest BCUT2D eigenvalue weighted by molar-refractivity contribution is -0.153. The number of hydrogen-bond donors (Lipinski definition) is 5. The van der Waals surface area contributed by atoms with Crippen LogP contribution in [-0.4, -0.2) is 87.3 Å². The van der Waals surface area contributed by atoms with E-state index in [2.05, 4.69) is 4.98 Å². The summed E-state index contributed by atoms with van der Waals surface area (Å²) in [5.74, 6) is -7.01. The van der Waals surface area contributed by atoms with Gasteiger partial charge in [-0.05, 0) is 80.4 Å². The molecule has 6 N–H and O–H groups in total. The molecule has 0 radical (unpaired) electrons. The summed E-state index contributed by atoms with van der Waals surface area (Å²) >= 11 is 0. The first-order chi connectivity index (χ1) is 20.8. The van der Waals surface area contributed by atoms with Crippen molar-refractivity contribution in [1.82, 2.24) is 9.88 Å². The SMILES string of the molecule is COc1ccc(-c2cc(CCC(C)CF)c(O)c3c2CC2CC4C(N(C)C)C(=O)C(C(N)=O)=C(O)C4(O)C(=O)C2=C3O)cn1. The zero-order valence-electron chi connectivity index (χ0n) is 24.9. The van der Waals surface area contributed by atoms with Crippen LogP contribution in [0.15, 0.2) is 41.3 Å². The fraction of sp³-hybridized carbons (Fsp3) is 0.438. The Morgan fingerprint density at radius 3 is 2.52 bits per heavy atom. The summed E-state index contributed by atoms with van der Waals surface area (Å²) < 4.78 is 18.5. The van der Waals surface area contributed by atoms with Crippen LogP contribution >= 0.6 is 0 Å². The lowest BCUT2D eigenvalue weighted by atomic mass is 9.57. The summed E-state index contributed by atoms with van der Waals surface area (Å²) in [5.41, 5.74) is 3.74. The molecule has 12 heteroatoms. The number of likely N-dealkylation sites (N-methyl/N-ethyl adjacent to an activating group) is 1. The number of phenolic OH excluding ortho intramolecular Hbond substituents is 1. The third kappa shape index (κ3) is 4.63. The summed E-state index contributed by atoms with van der Waals surface area (Å²) in [4.78, 5) is 45.5. The van der Waals surface area contributed by atoms with E-state index in [-0.39, 0.29) is 42.1 Å². The molecular formula is C32H36FN3O8. The van der Waals surface area contributed by atoms with Crippen molar-refractivity contribution in [2.75, 3.05) is 27.9 Å². The number of benzene rings is 1. The first-order valence-corrected chi connectivity index (χ1v) is 14.4. The molecule has 0 bridgehead atoms. The van der Waals surface area contributed by atoms with Crippen LogP contribution in [0.25, 0.3) is 16.9 Å². The number of nitrogens with two attached hydrogens (primary N) is 1. The molecule has 1 heterocycles. The Hall–Kier alpha value is -4.29. The summed E-state index contributed by atoms with van der Waals surface area (Å²) in [5, 5.41) is 46.1. The highest BCUT2D eigenvalue weighted by molar-refractivity contribution is 6.24. The molecule has 1 aromatic carbocycles. The smallest absolute Gasteiger partial charge is 0.255 e. The van der Waals surface area contributed by atoms with E-state index in [0.717, 1.165) is 0 Å². The molecule has 5 atom stereocenters. The van der Waals surface area contributed by atoms with Crippen LogP contribution in [0.4, 0.5) is 4.39 Å². The van der Waals surface area contributed by atoms with E-state index in [1.807, 2.05) is 0 Å². The number of carbonyl (C=O) groups is 3. The number of ether oxygens (including phenoxy) is 1. The number of hydrogen-bond acceptors (Lipinski definition) is 10. The topological polar surface area (TPSA) is 184 Å². The number of aromatic nitrogens is 1. The molecule has 3 aliphatic carbocycles. The number of aliphatic hydroxyl groups excluding tert-OH is 2. The molecule has 2 aromatic rings. The zero-order valence-corrected chi connectivity index (χ0v) is 24.9. The molecule has 3 aliphatic rings. The third-order valence-corrected chi connectivity index (χ3v) is 9.23. The number of nitrogens with zero attached hydrogens (tertiary/aromatic N) is 2.